The molecule has 1 aromatic carbocycles. The third-order valence-corrected chi connectivity index (χ3v) is 2.31. The second-order valence-electron chi connectivity index (χ2n) is 3.29. The van der Waals surface area contributed by atoms with Crippen molar-refractivity contribution in [3.8, 4) is 0 Å². The Morgan fingerprint density at radius 1 is 1.47 bits per heavy atom. The number of nitrogen functional groups attached to an aromatic ring is 1. The lowest BCUT2D eigenvalue weighted by molar-refractivity contribution is 0.102. The lowest BCUT2D eigenvalue weighted by Gasteiger charge is -2.03. The Labute approximate surface area is 101 Å². The zero-order valence-electron chi connectivity index (χ0n) is 8.50. The Morgan fingerprint density at radius 3 is 2.82 bits per heavy atom. The van der Waals surface area contributed by atoms with Crippen molar-refractivity contribution in [2.24, 2.45) is 0 Å². The van der Waals surface area contributed by atoms with E-state index < -0.39 is 11.7 Å². The van der Waals surface area contributed by atoms with Gasteiger partial charge in [0.2, 0.25) is 0 Å². The molecule has 1 aromatic heterocycles. The van der Waals surface area contributed by atoms with Gasteiger partial charge in [0.1, 0.15) is 17.3 Å². The summed E-state index contributed by atoms with van der Waals surface area (Å²) < 4.78 is 12.9. The highest BCUT2D eigenvalue weighted by Crippen LogP contribution is 2.19. The van der Waals surface area contributed by atoms with Crippen LogP contribution in [0.2, 0.25) is 5.02 Å². The minimum atomic E-state index is -0.546. The zero-order chi connectivity index (χ0) is 12.4. The molecule has 0 aliphatic heterocycles. The minimum absolute atomic E-state index is 0.0630. The summed E-state index contributed by atoms with van der Waals surface area (Å²) in [4.78, 5) is 11.6. The van der Waals surface area contributed by atoms with Gasteiger partial charge in [-0.1, -0.05) is 11.6 Å². The number of hydrogen-bond acceptors (Lipinski definition) is 3. The summed E-state index contributed by atoms with van der Waals surface area (Å²) in [6.45, 7) is 0. The summed E-state index contributed by atoms with van der Waals surface area (Å²) in [6.07, 6.45) is 0. The van der Waals surface area contributed by atoms with Crippen LogP contribution in [0, 0.1) is 5.82 Å². The predicted octanol–water partition coefficient (Wildman–Crippen LogP) is 2.04. The van der Waals surface area contributed by atoms with Crippen molar-refractivity contribution >= 4 is 29.0 Å². The topological polar surface area (TPSA) is 83.8 Å². The van der Waals surface area contributed by atoms with Gasteiger partial charge in [-0.3, -0.25) is 9.89 Å². The van der Waals surface area contributed by atoms with Crippen molar-refractivity contribution in [2.75, 3.05) is 11.1 Å². The number of halogens is 2. The third-order valence-electron chi connectivity index (χ3n) is 2.02. The molecule has 4 N–H and O–H groups in total. The smallest absolute Gasteiger partial charge is 0.273 e. The molecule has 0 spiro atoms. The van der Waals surface area contributed by atoms with Crippen LogP contribution in [0.15, 0.2) is 24.3 Å². The summed E-state index contributed by atoms with van der Waals surface area (Å²) >= 11 is 5.58. The second kappa shape index (κ2) is 4.42. The lowest BCUT2D eigenvalue weighted by atomic mass is 10.3. The summed E-state index contributed by atoms with van der Waals surface area (Å²) in [5.74, 6) is -0.764. The van der Waals surface area contributed by atoms with E-state index in [1.54, 1.807) is 0 Å². The number of benzene rings is 1. The molecule has 2 rings (SSSR count). The van der Waals surface area contributed by atoms with Crippen molar-refractivity contribution in [1.29, 1.82) is 0 Å². The van der Waals surface area contributed by atoms with Crippen LogP contribution in [0.4, 0.5) is 15.9 Å². The standard InChI is InChI=1S/C10H8ClFN4O/c11-6-3-5(1-2-7(6)12)14-10(17)8-4-9(13)16-15-8/h1-4H,(H,14,17)(H3,13,15,16). The van der Waals surface area contributed by atoms with Gasteiger partial charge in [-0.25, -0.2) is 4.39 Å². The number of aromatic amines is 1. The Morgan fingerprint density at radius 2 is 2.24 bits per heavy atom. The fraction of sp³-hybridized carbons (Fsp3) is 0. The first-order valence-corrected chi connectivity index (χ1v) is 5.01. The summed E-state index contributed by atoms with van der Waals surface area (Å²) in [5, 5.41) is 8.53. The number of carbonyl (C=O) groups excluding carboxylic acids is 1. The van der Waals surface area contributed by atoms with E-state index in [0.717, 1.165) is 0 Å². The Balaban J connectivity index is 2.15. The average Bonchev–Trinajstić information content (AvgIpc) is 2.70. The van der Waals surface area contributed by atoms with Crippen LogP contribution in [-0.4, -0.2) is 16.1 Å². The first-order valence-electron chi connectivity index (χ1n) is 4.63. The maximum Gasteiger partial charge on any atom is 0.273 e. The average molecular weight is 255 g/mol. The van der Waals surface area contributed by atoms with E-state index in [1.165, 1.54) is 24.3 Å². The summed E-state index contributed by atoms with van der Waals surface area (Å²) in [5.41, 5.74) is 5.96. The van der Waals surface area contributed by atoms with E-state index >= 15 is 0 Å². The van der Waals surface area contributed by atoms with Gasteiger partial charge in [0.05, 0.1) is 5.02 Å². The molecule has 2 aromatic rings. The van der Waals surface area contributed by atoms with Gasteiger partial charge in [-0.05, 0) is 18.2 Å². The molecule has 0 unspecified atom stereocenters. The number of rotatable bonds is 2. The van der Waals surface area contributed by atoms with Gasteiger partial charge < -0.3 is 11.1 Å². The molecular formula is C10H8ClFN4O. The number of nitrogens with zero attached hydrogens (tertiary/aromatic N) is 1. The monoisotopic (exact) mass is 254 g/mol. The number of anilines is 2. The van der Waals surface area contributed by atoms with Gasteiger partial charge in [0.15, 0.2) is 0 Å². The summed E-state index contributed by atoms with van der Waals surface area (Å²) in [7, 11) is 0. The van der Waals surface area contributed by atoms with Gasteiger partial charge in [-0.15, -0.1) is 0 Å². The van der Waals surface area contributed by atoms with E-state index in [1.807, 2.05) is 0 Å². The number of H-pyrrole nitrogens is 1. The molecule has 0 bridgehead atoms. The van der Waals surface area contributed by atoms with Crippen molar-refractivity contribution in [2.45, 2.75) is 0 Å². The normalized spacial score (nSPS) is 10.2. The second-order valence-corrected chi connectivity index (χ2v) is 3.70. The van der Waals surface area contributed by atoms with Gasteiger partial charge in [0, 0.05) is 11.8 Å². The molecule has 0 radical (unpaired) electrons. The first kappa shape index (κ1) is 11.4. The Bertz CT molecular complexity index is 569. The third kappa shape index (κ3) is 2.54. The van der Waals surface area contributed by atoms with Gasteiger partial charge in [-0.2, -0.15) is 5.10 Å². The van der Waals surface area contributed by atoms with Crippen LogP contribution in [0.5, 0.6) is 0 Å². The maximum absolute atomic E-state index is 12.9. The highest BCUT2D eigenvalue weighted by Gasteiger charge is 2.10. The molecule has 0 atom stereocenters. The number of aromatic nitrogens is 2. The molecule has 5 nitrogen and oxygen atoms in total. The molecule has 0 saturated heterocycles. The van der Waals surface area contributed by atoms with Crippen molar-refractivity contribution in [3.05, 3.63) is 40.8 Å². The SMILES string of the molecule is Nc1cc(C(=O)Nc2ccc(F)c(Cl)c2)[nH]n1. The highest BCUT2D eigenvalue weighted by atomic mass is 35.5. The largest absolute Gasteiger partial charge is 0.382 e. The van der Waals surface area contributed by atoms with Gasteiger partial charge >= 0.3 is 0 Å². The van der Waals surface area contributed by atoms with E-state index in [2.05, 4.69) is 15.5 Å². The van der Waals surface area contributed by atoms with Crippen LogP contribution < -0.4 is 11.1 Å². The minimum Gasteiger partial charge on any atom is -0.382 e. The van der Waals surface area contributed by atoms with Crippen LogP contribution >= 0.6 is 11.6 Å². The number of nitrogens with two attached hydrogens (primary N) is 1. The van der Waals surface area contributed by atoms with E-state index in [0.29, 0.717) is 5.69 Å². The Hall–Kier alpha value is -2.08. The Kier molecular flexibility index (Phi) is 2.97. The molecule has 0 aliphatic rings. The molecule has 0 fully saturated rings. The van der Waals surface area contributed by atoms with E-state index in [-0.39, 0.29) is 16.5 Å². The van der Waals surface area contributed by atoms with Crippen molar-refractivity contribution < 1.29 is 9.18 Å². The zero-order valence-corrected chi connectivity index (χ0v) is 9.25. The molecule has 1 amide bonds. The van der Waals surface area contributed by atoms with E-state index in [9.17, 15) is 9.18 Å². The number of hydrogen-bond donors (Lipinski definition) is 3. The first-order chi connectivity index (χ1) is 8.06. The molecule has 0 saturated carbocycles. The van der Waals surface area contributed by atoms with Crippen molar-refractivity contribution in [1.82, 2.24) is 10.2 Å². The molecule has 0 aliphatic carbocycles. The molecule has 88 valence electrons. The fourth-order valence-corrected chi connectivity index (χ4v) is 1.41. The van der Waals surface area contributed by atoms with Crippen molar-refractivity contribution in [3.63, 3.8) is 0 Å². The van der Waals surface area contributed by atoms with Crippen LogP contribution in [0.25, 0.3) is 0 Å². The van der Waals surface area contributed by atoms with Gasteiger partial charge in [0.25, 0.3) is 5.91 Å². The highest BCUT2D eigenvalue weighted by molar-refractivity contribution is 6.31. The quantitative estimate of drug-likeness (QED) is 0.767. The number of carbonyl (C=O) groups is 1. The molecule has 7 heteroatoms. The summed E-state index contributed by atoms with van der Waals surface area (Å²) in [6, 6.07) is 5.27. The molecule has 1 heterocycles. The number of nitrogens with one attached hydrogen (secondary N) is 2. The predicted molar refractivity (Wildman–Crippen MR) is 62.4 cm³/mol. The molecule has 17 heavy (non-hydrogen) atoms. The maximum atomic E-state index is 12.9. The van der Waals surface area contributed by atoms with Crippen LogP contribution in [0.1, 0.15) is 10.5 Å². The van der Waals surface area contributed by atoms with Crippen LogP contribution in [-0.2, 0) is 0 Å². The number of amides is 1. The lowest BCUT2D eigenvalue weighted by Crippen LogP contribution is -2.12. The fourth-order valence-electron chi connectivity index (χ4n) is 1.23. The van der Waals surface area contributed by atoms with Crippen LogP contribution in [0.3, 0.4) is 0 Å². The molecular weight excluding hydrogens is 247 g/mol. The van der Waals surface area contributed by atoms with E-state index in [4.69, 9.17) is 17.3 Å².